The summed E-state index contributed by atoms with van der Waals surface area (Å²) in [6.07, 6.45) is -3.12. The van der Waals surface area contributed by atoms with Crippen LogP contribution >= 0.6 is 0 Å². The van der Waals surface area contributed by atoms with E-state index >= 15 is 0 Å². The summed E-state index contributed by atoms with van der Waals surface area (Å²) in [7, 11) is 0. The molecule has 1 aromatic carbocycles. The summed E-state index contributed by atoms with van der Waals surface area (Å²) in [4.78, 5) is 30.2. The summed E-state index contributed by atoms with van der Waals surface area (Å²) < 4.78 is 49.6. The zero-order valence-corrected chi connectivity index (χ0v) is 18.5. The topological polar surface area (TPSA) is 122 Å². The average molecular weight is 487 g/mol. The number of H-pyrrole nitrogens is 1. The van der Waals surface area contributed by atoms with Crippen molar-refractivity contribution in [3.63, 3.8) is 0 Å². The molecule has 0 aliphatic carbocycles. The normalized spacial score (nSPS) is 15.4. The van der Waals surface area contributed by atoms with Crippen LogP contribution < -0.4 is 10.2 Å². The summed E-state index contributed by atoms with van der Waals surface area (Å²) in [5.41, 5.74) is 0.402. The number of amides is 1. The van der Waals surface area contributed by atoms with Gasteiger partial charge < -0.3 is 24.5 Å². The lowest BCUT2D eigenvalue weighted by Crippen LogP contribution is -2.37. The highest BCUT2D eigenvalue weighted by Gasteiger charge is 2.31. The molecule has 3 aromatic heterocycles. The Morgan fingerprint density at radius 1 is 1.17 bits per heavy atom. The number of rotatable bonds is 5. The number of hydrogen-bond donors (Lipinski definition) is 2. The second-order valence-electron chi connectivity index (χ2n) is 7.99. The van der Waals surface area contributed by atoms with Gasteiger partial charge in [-0.1, -0.05) is 5.16 Å². The fourth-order valence-electron chi connectivity index (χ4n) is 3.69. The number of aromatic amines is 1. The Labute approximate surface area is 196 Å². The summed E-state index contributed by atoms with van der Waals surface area (Å²) in [5.74, 6) is 0.677. The first kappa shape index (κ1) is 22.8. The maximum atomic E-state index is 13.0. The number of benzene rings is 1. The van der Waals surface area contributed by atoms with E-state index in [0.29, 0.717) is 43.3 Å². The van der Waals surface area contributed by atoms with E-state index < -0.39 is 23.7 Å². The predicted molar refractivity (Wildman–Crippen MR) is 118 cm³/mol. The van der Waals surface area contributed by atoms with Crippen molar-refractivity contribution in [1.82, 2.24) is 30.4 Å². The molecule has 0 unspecified atom stereocenters. The van der Waals surface area contributed by atoms with Crippen LogP contribution in [0, 0.1) is 0 Å². The van der Waals surface area contributed by atoms with Crippen molar-refractivity contribution in [3.8, 4) is 11.6 Å². The van der Waals surface area contributed by atoms with Gasteiger partial charge in [0.05, 0.1) is 35.9 Å². The molecule has 1 fully saturated rings. The number of anilines is 1. The molecular weight excluding hydrogens is 467 g/mol. The third-order valence-corrected chi connectivity index (χ3v) is 5.58. The van der Waals surface area contributed by atoms with Crippen molar-refractivity contribution < 1.29 is 27.2 Å². The number of halogens is 3. The first-order chi connectivity index (χ1) is 16.8. The van der Waals surface area contributed by atoms with Crippen LogP contribution in [0.25, 0.3) is 22.6 Å². The molecule has 0 bridgehead atoms. The zero-order valence-electron chi connectivity index (χ0n) is 18.5. The number of alkyl halides is 3. The van der Waals surface area contributed by atoms with Gasteiger partial charge in [-0.25, -0.2) is 15.0 Å². The molecule has 1 aliphatic rings. The van der Waals surface area contributed by atoms with E-state index in [1.807, 2.05) is 4.90 Å². The van der Waals surface area contributed by atoms with Crippen LogP contribution in [0.3, 0.4) is 0 Å². The molecule has 4 heterocycles. The van der Waals surface area contributed by atoms with Crippen LogP contribution in [0.5, 0.6) is 0 Å². The largest absolute Gasteiger partial charge is 0.416 e. The Bertz CT molecular complexity index is 1360. The van der Waals surface area contributed by atoms with Gasteiger partial charge in [-0.2, -0.15) is 13.2 Å². The van der Waals surface area contributed by atoms with Crippen molar-refractivity contribution in [1.29, 1.82) is 0 Å². The van der Waals surface area contributed by atoms with Crippen LogP contribution in [0.2, 0.25) is 0 Å². The minimum Gasteiger partial charge on any atom is -0.378 e. The average Bonchev–Trinajstić information content (AvgIpc) is 3.51. The highest BCUT2D eigenvalue weighted by molar-refractivity contribution is 5.93. The van der Waals surface area contributed by atoms with E-state index in [1.54, 1.807) is 19.1 Å². The van der Waals surface area contributed by atoms with Crippen molar-refractivity contribution in [2.24, 2.45) is 0 Å². The molecule has 13 heteroatoms. The summed E-state index contributed by atoms with van der Waals surface area (Å²) in [6, 6.07) is 5.87. The summed E-state index contributed by atoms with van der Waals surface area (Å²) in [6.45, 7) is 4.25. The molecular formula is C22H20F3N7O3. The number of morpholine rings is 1. The zero-order chi connectivity index (χ0) is 24.6. The third kappa shape index (κ3) is 4.80. The number of aromatic nitrogens is 5. The number of nitrogens with one attached hydrogen (secondary N) is 2. The number of carbonyl (C=O) groups is 1. The lowest BCUT2D eigenvalue weighted by Gasteiger charge is -2.27. The van der Waals surface area contributed by atoms with Gasteiger partial charge >= 0.3 is 6.18 Å². The van der Waals surface area contributed by atoms with Crippen molar-refractivity contribution in [3.05, 3.63) is 53.6 Å². The SMILES string of the molecule is C[C@H](NC(=O)c1cc(N2CCOCC2)ncn1)c1cc(-c2nc3ccc(C(F)(F)F)cc3[nH]2)on1. The molecule has 1 amide bonds. The summed E-state index contributed by atoms with van der Waals surface area (Å²) in [5, 5.41) is 6.78. The Hall–Kier alpha value is -4.00. The smallest absolute Gasteiger partial charge is 0.378 e. The highest BCUT2D eigenvalue weighted by atomic mass is 19.4. The molecule has 1 atom stereocenters. The monoisotopic (exact) mass is 487 g/mol. The molecule has 0 radical (unpaired) electrons. The van der Waals surface area contributed by atoms with E-state index in [2.05, 4.69) is 30.4 Å². The Morgan fingerprint density at radius 3 is 2.74 bits per heavy atom. The van der Waals surface area contributed by atoms with E-state index in [1.165, 1.54) is 12.4 Å². The Balaban J connectivity index is 1.29. The van der Waals surface area contributed by atoms with Gasteiger partial charge in [-0.05, 0) is 25.1 Å². The van der Waals surface area contributed by atoms with Crippen LogP contribution in [0.1, 0.15) is 34.7 Å². The van der Waals surface area contributed by atoms with Crippen molar-refractivity contribution in [2.45, 2.75) is 19.1 Å². The number of hydrogen-bond acceptors (Lipinski definition) is 8. The van der Waals surface area contributed by atoms with Crippen LogP contribution in [-0.4, -0.2) is 57.3 Å². The first-order valence-corrected chi connectivity index (χ1v) is 10.8. The molecule has 182 valence electrons. The lowest BCUT2D eigenvalue weighted by atomic mass is 10.2. The molecule has 4 aromatic rings. The minimum atomic E-state index is -4.46. The Morgan fingerprint density at radius 2 is 1.97 bits per heavy atom. The van der Waals surface area contributed by atoms with Gasteiger partial charge in [0, 0.05) is 25.2 Å². The molecule has 5 rings (SSSR count). The molecule has 2 N–H and O–H groups in total. The number of imidazole rings is 1. The van der Waals surface area contributed by atoms with Gasteiger partial charge in [0.1, 0.15) is 23.5 Å². The second-order valence-corrected chi connectivity index (χ2v) is 7.99. The molecule has 35 heavy (non-hydrogen) atoms. The van der Waals surface area contributed by atoms with Gasteiger partial charge in [0.15, 0.2) is 5.82 Å². The van der Waals surface area contributed by atoms with Crippen molar-refractivity contribution >= 4 is 22.8 Å². The molecule has 0 saturated carbocycles. The first-order valence-electron chi connectivity index (χ1n) is 10.8. The number of fused-ring (bicyclic) bond motifs is 1. The van der Waals surface area contributed by atoms with E-state index in [0.717, 1.165) is 12.1 Å². The maximum Gasteiger partial charge on any atom is 0.416 e. The number of nitrogens with zero attached hydrogens (tertiary/aromatic N) is 5. The fourth-order valence-corrected chi connectivity index (χ4v) is 3.69. The van der Waals surface area contributed by atoms with E-state index in [4.69, 9.17) is 9.26 Å². The molecule has 1 saturated heterocycles. The second kappa shape index (κ2) is 8.98. The number of ether oxygens (including phenoxy) is 1. The summed E-state index contributed by atoms with van der Waals surface area (Å²) >= 11 is 0. The fraction of sp³-hybridized carbons (Fsp3) is 0.318. The van der Waals surface area contributed by atoms with Gasteiger partial charge in [-0.15, -0.1) is 0 Å². The van der Waals surface area contributed by atoms with Crippen LogP contribution in [0.15, 0.2) is 41.2 Å². The molecule has 10 nitrogen and oxygen atoms in total. The van der Waals surface area contributed by atoms with E-state index in [-0.39, 0.29) is 22.8 Å². The van der Waals surface area contributed by atoms with Crippen LogP contribution in [0.4, 0.5) is 19.0 Å². The quantitative estimate of drug-likeness (QED) is 0.440. The maximum absolute atomic E-state index is 13.0. The van der Waals surface area contributed by atoms with E-state index in [9.17, 15) is 18.0 Å². The van der Waals surface area contributed by atoms with Gasteiger partial charge in [-0.3, -0.25) is 4.79 Å². The molecule has 1 aliphatic heterocycles. The predicted octanol–water partition coefficient (Wildman–Crippen LogP) is 3.35. The highest BCUT2D eigenvalue weighted by Crippen LogP contribution is 2.32. The van der Waals surface area contributed by atoms with Crippen molar-refractivity contribution in [2.75, 3.05) is 31.2 Å². The molecule has 0 spiro atoms. The third-order valence-electron chi connectivity index (χ3n) is 5.58. The standard InChI is InChI=1S/C22H20F3N7O3/c1-12(28-21(33)17-10-19(27-11-26-17)32-4-6-34-7-5-32)15-9-18(35-31-15)20-29-14-3-2-13(22(23,24)25)8-16(14)30-20/h2-3,8-12H,4-7H2,1H3,(H,28,33)(H,29,30)/t12-/m0/s1. The van der Waals surface area contributed by atoms with Gasteiger partial charge in [0.2, 0.25) is 5.76 Å². The van der Waals surface area contributed by atoms with Gasteiger partial charge in [0.25, 0.3) is 5.91 Å². The number of carbonyl (C=O) groups excluding carboxylic acids is 1. The van der Waals surface area contributed by atoms with Crippen LogP contribution in [-0.2, 0) is 10.9 Å². The Kier molecular flexibility index (Phi) is 5.84. The lowest BCUT2D eigenvalue weighted by molar-refractivity contribution is -0.137. The minimum absolute atomic E-state index is 0.204.